The van der Waals surface area contributed by atoms with Gasteiger partial charge in [0.25, 0.3) is 11.8 Å². The highest BCUT2D eigenvalue weighted by Crippen LogP contribution is 2.44. The van der Waals surface area contributed by atoms with Crippen LogP contribution < -0.4 is 45.1 Å². The van der Waals surface area contributed by atoms with Crippen molar-refractivity contribution in [3.8, 4) is 23.0 Å². The van der Waals surface area contributed by atoms with E-state index in [0.717, 1.165) is 35.3 Å². The van der Waals surface area contributed by atoms with E-state index in [1.165, 1.54) is 96.0 Å². The van der Waals surface area contributed by atoms with Crippen molar-refractivity contribution < 1.29 is 81.3 Å². The molecule has 4 aliphatic heterocycles. The zero-order valence-corrected chi connectivity index (χ0v) is 64.6. The standard InChI is InChI=1S/C80H114N8O17S/c1-11-15-17-18-19-20-21-22-32-80(8,31-16-12-2)106-54-72(90)81-33-37-100-39-41-102-43-42-101-40-38-99-36-30-71(89)85-73(55(5)6)75(92)83-56(7)74(91)84-60-28-26-57(27-29-60)53-105-79(96)88-65-49-70(68(98-10)47-63(65)77(94)87-52-59(25-14-4)45-66(87)78(88)95)104-35-23-34-103-69-48-64-62(46-67(69)97-9)76(93)86-51-58(24-13-3)44-61(86)50-82-64/h13-14,24-29,46-52,55-56,61,66,73,78,95H,11-12,15-23,30-45,53-54H2,1-10H3,(H,81,90)(H,83,92)(H,84,91)(H,85,89)/b24-13+,25-14+/t56-,61-,66-,73-,78-,80?/m0/s1. The molecule has 0 aromatic heterocycles. The number of allylic oxidation sites excluding steroid dienone is 4. The van der Waals surface area contributed by atoms with Gasteiger partial charge in [-0.15, -0.1) is 11.8 Å². The van der Waals surface area contributed by atoms with Gasteiger partial charge in [-0.25, -0.2) is 9.69 Å². The Kier molecular flexibility index (Phi) is 35.9. The molecule has 0 bridgehead atoms. The molecule has 0 radical (unpaired) electrons. The summed E-state index contributed by atoms with van der Waals surface area (Å²) < 4.78 is 52.2. The second kappa shape index (κ2) is 44.8. The Labute approximate surface area is 630 Å². The van der Waals surface area contributed by atoms with E-state index in [4.69, 9.17) is 42.6 Å². The molecule has 25 nitrogen and oxygen atoms in total. The van der Waals surface area contributed by atoms with E-state index in [0.29, 0.717) is 98.8 Å². The summed E-state index contributed by atoms with van der Waals surface area (Å²) in [6.07, 6.45) is 26.5. The Morgan fingerprint density at radius 2 is 1.23 bits per heavy atom. The molecule has 6 atom stereocenters. The number of amides is 7. The van der Waals surface area contributed by atoms with Crippen LogP contribution in [0.4, 0.5) is 21.9 Å². The molecule has 0 fully saturated rings. The van der Waals surface area contributed by atoms with Crippen LogP contribution in [0.5, 0.6) is 23.0 Å². The smallest absolute Gasteiger partial charge is 0.416 e. The third-order valence-corrected chi connectivity index (χ3v) is 20.2. The maximum atomic E-state index is 14.4. The Bertz CT molecular complexity index is 3530. The van der Waals surface area contributed by atoms with Gasteiger partial charge in [0, 0.05) is 60.6 Å². The SMILES string of the molecule is C/C=C/C1=CN2C(=O)c3cc(OC)c(OCCCOc4cc5c(cc4OC)C(=O)N4C=C(/C=C/C)C[C@H]4[C@H](O)N5C(=O)OCc4ccc(NC(=O)[C@H](C)NC(=O)[C@@H](NC(=O)CCOCCOCCOCCOCCNC(=O)CSC(C)(CCCC)CCCCCCCCCC)C(C)C)cc4)cc3N=C[C@@H]2C1. The van der Waals surface area contributed by atoms with Gasteiger partial charge in [0.1, 0.15) is 18.7 Å². The first-order valence-corrected chi connectivity index (χ1v) is 38.6. The van der Waals surface area contributed by atoms with Gasteiger partial charge in [-0.2, -0.15) is 0 Å². The van der Waals surface area contributed by atoms with Crippen LogP contribution in [0, 0.1) is 5.92 Å². The maximum absolute atomic E-state index is 14.4. The number of carbonyl (C=O) groups excluding carboxylic acids is 7. The van der Waals surface area contributed by atoms with Gasteiger partial charge in [-0.3, -0.25) is 33.8 Å². The number of aliphatic hydroxyl groups is 1. The molecule has 582 valence electrons. The minimum Gasteiger partial charge on any atom is -0.493 e. The molecule has 4 aliphatic rings. The van der Waals surface area contributed by atoms with Gasteiger partial charge in [0.15, 0.2) is 29.2 Å². The van der Waals surface area contributed by atoms with Crippen molar-refractivity contribution in [2.45, 2.75) is 200 Å². The Morgan fingerprint density at radius 3 is 1.86 bits per heavy atom. The molecule has 0 spiro atoms. The molecule has 7 amide bonds. The molecule has 0 saturated heterocycles. The lowest BCUT2D eigenvalue weighted by Gasteiger charge is -2.31. The van der Waals surface area contributed by atoms with Gasteiger partial charge < -0.3 is 78.8 Å². The van der Waals surface area contributed by atoms with Gasteiger partial charge in [-0.1, -0.05) is 135 Å². The number of rotatable bonds is 48. The topological polar surface area (TPSA) is 293 Å². The third kappa shape index (κ3) is 26.0. The van der Waals surface area contributed by atoms with E-state index >= 15 is 0 Å². The van der Waals surface area contributed by atoms with E-state index in [1.54, 1.807) is 79.3 Å². The number of nitrogens with zero attached hydrogens (tertiary/aromatic N) is 4. The molecular weight excluding hydrogens is 1380 g/mol. The van der Waals surface area contributed by atoms with Crippen molar-refractivity contribution in [2.75, 3.05) is 103 Å². The van der Waals surface area contributed by atoms with E-state index in [9.17, 15) is 38.7 Å². The zero-order chi connectivity index (χ0) is 76.4. The summed E-state index contributed by atoms with van der Waals surface area (Å²) in [5.74, 6) is -0.868. The maximum Gasteiger partial charge on any atom is 0.416 e. The van der Waals surface area contributed by atoms with Gasteiger partial charge in [-0.05, 0) is 93.3 Å². The summed E-state index contributed by atoms with van der Waals surface area (Å²) >= 11 is 1.79. The van der Waals surface area contributed by atoms with Crippen LogP contribution in [0.15, 0.2) is 101 Å². The largest absolute Gasteiger partial charge is 0.493 e. The van der Waals surface area contributed by atoms with Crippen molar-refractivity contribution in [1.29, 1.82) is 0 Å². The van der Waals surface area contributed by atoms with E-state index in [-0.39, 0.29) is 97.1 Å². The molecule has 1 unspecified atom stereocenters. The minimum absolute atomic E-state index is 0.00386. The fraction of sp³-hybridized carbons (Fsp3) is 0.575. The Morgan fingerprint density at radius 1 is 0.651 bits per heavy atom. The fourth-order valence-corrected chi connectivity index (χ4v) is 13.8. The van der Waals surface area contributed by atoms with Crippen LogP contribution in [0.2, 0.25) is 0 Å². The average Bonchev–Trinajstić information content (AvgIpc) is 1.63. The highest BCUT2D eigenvalue weighted by Gasteiger charge is 2.46. The number of aliphatic hydroxyl groups excluding tert-OH is 1. The van der Waals surface area contributed by atoms with E-state index in [1.807, 2.05) is 44.4 Å². The number of carbonyl (C=O) groups is 7. The number of nitrogens with one attached hydrogen (secondary N) is 4. The van der Waals surface area contributed by atoms with Crippen LogP contribution >= 0.6 is 11.8 Å². The average molecular weight is 1490 g/mol. The first-order chi connectivity index (χ1) is 51.2. The highest BCUT2D eigenvalue weighted by atomic mass is 32.2. The van der Waals surface area contributed by atoms with Crippen LogP contribution in [-0.2, 0) is 49.5 Å². The number of aliphatic imine (C=N–C) groups is 1. The molecule has 0 aliphatic carbocycles. The monoisotopic (exact) mass is 1490 g/mol. The molecule has 26 heteroatoms. The predicted octanol–water partition coefficient (Wildman–Crippen LogP) is 12.5. The van der Waals surface area contributed by atoms with E-state index < -0.39 is 54.1 Å². The van der Waals surface area contributed by atoms with Crippen molar-refractivity contribution in [2.24, 2.45) is 10.9 Å². The molecule has 0 saturated carbocycles. The number of ether oxygens (including phenoxy) is 9. The Hall–Kier alpha value is -8.27. The second-order valence-corrected chi connectivity index (χ2v) is 29.0. The normalized spacial score (nSPS) is 17.2. The molecule has 106 heavy (non-hydrogen) atoms. The number of hydrogen-bond donors (Lipinski definition) is 5. The Balaban J connectivity index is 0.793. The number of anilines is 2. The van der Waals surface area contributed by atoms with Crippen molar-refractivity contribution in [3.05, 3.63) is 113 Å². The summed E-state index contributed by atoms with van der Waals surface area (Å²) in [4.78, 5) is 104. The highest BCUT2D eigenvalue weighted by molar-refractivity contribution is 8.01. The number of unbranched alkanes of at least 4 members (excludes halogenated alkanes) is 8. The summed E-state index contributed by atoms with van der Waals surface area (Å²) in [5.41, 5.74) is 3.60. The summed E-state index contributed by atoms with van der Waals surface area (Å²) in [6, 6.07) is 9.68. The number of hydrogen-bond acceptors (Lipinski definition) is 19. The fourth-order valence-electron chi connectivity index (χ4n) is 12.7. The van der Waals surface area contributed by atoms with Crippen LogP contribution in [0.1, 0.15) is 184 Å². The van der Waals surface area contributed by atoms with Crippen LogP contribution in [0.3, 0.4) is 0 Å². The summed E-state index contributed by atoms with van der Waals surface area (Å²) in [7, 11) is 2.92. The summed E-state index contributed by atoms with van der Waals surface area (Å²) in [6.45, 7) is 18.6. The number of methoxy groups -OCH3 is 2. The molecule has 3 aromatic carbocycles. The predicted molar refractivity (Wildman–Crippen MR) is 411 cm³/mol. The first kappa shape index (κ1) is 85.0. The quantitative estimate of drug-likeness (QED) is 0.0328. The molecule has 3 aromatic rings. The molecule has 4 heterocycles. The number of benzene rings is 3. The first-order valence-electron chi connectivity index (χ1n) is 37.7. The third-order valence-electron chi connectivity index (χ3n) is 18.7. The number of fused-ring (bicyclic) bond motifs is 4. The van der Waals surface area contributed by atoms with Gasteiger partial charge in [0.05, 0.1) is 121 Å². The van der Waals surface area contributed by atoms with Crippen LogP contribution in [0.25, 0.3) is 0 Å². The molecular formula is C80H114N8O17S. The number of thioether (sulfide) groups is 1. The van der Waals surface area contributed by atoms with Crippen molar-refractivity contribution in [3.63, 3.8) is 0 Å². The lowest BCUT2D eigenvalue weighted by atomic mass is 9.95. The van der Waals surface area contributed by atoms with Crippen molar-refractivity contribution in [1.82, 2.24) is 25.8 Å². The van der Waals surface area contributed by atoms with Crippen molar-refractivity contribution >= 4 is 76.6 Å². The lowest BCUT2D eigenvalue weighted by Crippen LogP contribution is -2.53. The lowest BCUT2D eigenvalue weighted by molar-refractivity contribution is -0.132. The molecule has 5 N–H and O–H groups in total. The van der Waals surface area contributed by atoms with E-state index in [2.05, 4.69) is 47.0 Å². The summed E-state index contributed by atoms with van der Waals surface area (Å²) in [5, 5.41) is 23.4. The second-order valence-electron chi connectivity index (χ2n) is 27.4. The minimum atomic E-state index is -1.58. The molecule has 7 rings (SSSR count). The zero-order valence-electron chi connectivity index (χ0n) is 63.8. The van der Waals surface area contributed by atoms with Crippen LogP contribution in [-0.4, -0.2) is 190 Å². The van der Waals surface area contributed by atoms with Gasteiger partial charge in [0.2, 0.25) is 23.6 Å². The van der Waals surface area contributed by atoms with Gasteiger partial charge >= 0.3 is 6.09 Å².